The first-order chi connectivity index (χ1) is 13.0. The number of hydrogen-bond acceptors (Lipinski definition) is 5. The highest BCUT2D eigenvalue weighted by atomic mass is 19.1. The molecule has 7 nitrogen and oxygen atoms in total. The zero-order chi connectivity index (χ0) is 18.9. The maximum Gasteiger partial charge on any atom is 0.229 e. The zero-order valence-electron chi connectivity index (χ0n) is 15.0. The molecule has 0 spiro atoms. The summed E-state index contributed by atoms with van der Waals surface area (Å²) in [6.45, 7) is 2.00. The Hall–Kier alpha value is -2.29. The molecule has 0 aliphatic carbocycles. The molecular formula is C19H24FN5O2. The van der Waals surface area contributed by atoms with Crippen LogP contribution in [0.2, 0.25) is 0 Å². The van der Waals surface area contributed by atoms with Crippen molar-refractivity contribution in [1.82, 2.24) is 25.3 Å². The Labute approximate surface area is 157 Å². The summed E-state index contributed by atoms with van der Waals surface area (Å²) in [5.74, 6) is -0.576. The molecule has 1 amide bonds. The number of carbonyl (C=O) groups is 1. The predicted molar refractivity (Wildman–Crippen MR) is 96.8 cm³/mol. The molecule has 2 fully saturated rings. The van der Waals surface area contributed by atoms with Crippen molar-refractivity contribution in [2.24, 2.45) is 5.92 Å². The van der Waals surface area contributed by atoms with Crippen molar-refractivity contribution in [2.75, 3.05) is 19.6 Å². The minimum Gasteiger partial charge on any atom is -0.388 e. The number of hydrazine groups is 1. The van der Waals surface area contributed by atoms with Crippen LogP contribution in [0.3, 0.4) is 0 Å². The third kappa shape index (κ3) is 3.87. The lowest BCUT2D eigenvalue weighted by Crippen LogP contribution is -2.50. The van der Waals surface area contributed by atoms with Gasteiger partial charge in [-0.05, 0) is 30.5 Å². The molecule has 27 heavy (non-hydrogen) atoms. The number of carbonyl (C=O) groups excluding carboxylic acids is 1. The lowest BCUT2D eigenvalue weighted by Gasteiger charge is -2.39. The Balaban J connectivity index is 1.40. The first kappa shape index (κ1) is 18.1. The van der Waals surface area contributed by atoms with Crippen molar-refractivity contribution in [3.8, 4) is 0 Å². The van der Waals surface area contributed by atoms with E-state index in [1.54, 1.807) is 18.6 Å². The van der Waals surface area contributed by atoms with Crippen molar-refractivity contribution < 1.29 is 14.3 Å². The van der Waals surface area contributed by atoms with E-state index in [1.807, 2.05) is 21.7 Å². The fourth-order valence-corrected chi connectivity index (χ4v) is 4.00. The largest absolute Gasteiger partial charge is 0.388 e. The second-order valence-corrected chi connectivity index (χ2v) is 7.45. The molecule has 2 unspecified atom stereocenters. The van der Waals surface area contributed by atoms with Crippen molar-refractivity contribution >= 4 is 5.91 Å². The van der Waals surface area contributed by atoms with Crippen molar-refractivity contribution in [3.05, 3.63) is 54.4 Å². The molecule has 3 heterocycles. The van der Waals surface area contributed by atoms with Gasteiger partial charge >= 0.3 is 0 Å². The average molecular weight is 373 g/mol. The first-order valence-electron chi connectivity index (χ1n) is 9.25. The average Bonchev–Trinajstić information content (AvgIpc) is 3.33. The van der Waals surface area contributed by atoms with Crippen molar-refractivity contribution in [2.45, 2.75) is 31.0 Å². The number of halogens is 1. The Bertz CT molecular complexity index is 789. The number of likely N-dealkylation sites (tertiary alicyclic amines) is 1. The van der Waals surface area contributed by atoms with Crippen LogP contribution in [0.15, 0.2) is 43.0 Å². The van der Waals surface area contributed by atoms with Crippen LogP contribution >= 0.6 is 0 Å². The van der Waals surface area contributed by atoms with Gasteiger partial charge in [-0.25, -0.2) is 14.8 Å². The van der Waals surface area contributed by atoms with E-state index in [4.69, 9.17) is 0 Å². The summed E-state index contributed by atoms with van der Waals surface area (Å²) in [5, 5.41) is 10.8. The highest BCUT2D eigenvalue weighted by molar-refractivity contribution is 5.80. The van der Waals surface area contributed by atoms with Crippen molar-refractivity contribution in [1.29, 1.82) is 0 Å². The number of hydrogen-bond donors (Lipinski definition) is 3. The monoisotopic (exact) mass is 373 g/mol. The third-order valence-corrected chi connectivity index (χ3v) is 5.55. The second-order valence-electron chi connectivity index (χ2n) is 7.45. The van der Waals surface area contributed by atoms with E-state index < -0.39 is 5.60 Å². The molecule has 4 rings (SSSR count). The summed E-state index contributed by atoms with van der Waals surface area (Å²) < 4.78 is 15.4. The normalized spacial score (nSPS) is 24.9. The van der Waals surface area contributed by atoms with Gasteiger partial charge in [0.15, 0.2) is 0 Å². The predicted octanol–water partition coefficient (Wildman–Crippen LogP) is 0.841. The van der Waals surface area contributed by atoms with Gasteiger partial charge < -0.3 is 14.6 Å². The zero-order valence-corrected chi connectivity index (χ0v) is 15.0. The maximum atomic E-state index is 13.6. The lowest BCUT2D eigenvalue weighted by atomic mass is 9.89. The number of nitrogens with zero attached hydrogens (tertiary/aromatic N) is 3. The summed E-state index contributed by atoms with van der Waals surface area (Å²) in [5.41, 5.74) is 6.05. The Morgan fingerprint density at radius 1 is 1.37 bits per heavy atom. The first-order valence-corrected chi connectivity index (χ1v) is 9.25. The minimum absolute atomic E-state index is 0.0337. The molecule has 2 aromatic rings. The van der Waals surface area contributed by atoms with E-state index in [9.17, 15) is 14.3 Å². The molecule has 144 valence electrons. The van der Waals surface area contributed by atoms with E-state index >= 15 is 0 Å². The summed E-state index contributed by atoms with van der Waals surface area (Å²) in [6, 6.07) is 6.08. The number of rotatable bonds is 4. The molecular weight excluding hydrogens is 349 g/mol. The molecule has 0 bridgehead atoms. The molecule has 2 aliphatic heterocycles. The smallest absolute Gasteiger partial charge is 0.229 e. The molecule has 1 aromatic carbocycles. The molecule has 8 heteroatoms. The minimum atomic E-state index is -0.828. The summed E-state index contributed by atoms with van der Waals surface area (Å²) >= 11 is 0. The van der Waals surface area contributed by atoms with Crippen LogP contribution < -0.4 is 10.9 Å². The number of imidazole rings is 1. The van der Waals surface area contributed by atoms with Crippen LogP contribution in [0.25, 0.3) is 0 Å². The van der Waals surface area contributed by atoms with E-state index in [2.05, 4.69) is 15.8 Å². The van der Waals surface area contributed by atoms with Crippen LogP contribution in [-0.2, 0) is 11.3 Å². The Kier molecular flexibility index (Phi) is 4.94. The summed E-state index contributed by atoms with van der Waals surface area (Å²) in [4.78, 5) is 18.9. The summed E-state index contributed by atoms with van der Waals surface area (Å²) in [7, 11) is 0. The van der Waals surface area contributed by atoms with Gasteiger partial charge in [-0.3, -0.25) is 10.2 Å². The molecule has 0 radical (unpaired) electrons. The lowest BCUT2D eigenvalue weighted by molar-refractivity contribution is -0.140. The molecule has 2 aliphatic rings. The van der Waals surface area contributed by atoms with E-state index in [0.29, 0.717) is 39.0 Å². The van der Waals surface area contributed by atoms with Gasteiger partial charge in [0.25, 0.3) is 0 Å². The van der Waals surface area contributed by atoms with Gasteiger partial charge in [0.1, 0.15) is 5.82 Å². The molecule has 0 saturated carbocycles. The second kappa shape index (κ2) is 7.38. The number of amides is 1. The van der Waals surface area contributed by atoms with Gasteiger partial charge in [0.2, 0.25) is 5.91 Å². The van der Waals surface area contributed by atoms with Crippen LogP contribution in [0.1, 0.15) is 24.4 Å². The number of aromatic nitrogens is 2. The number of benzene rings is 1. The Morgan fingerprint density at radius 3 is 2.89 bits per heavy atom. The van der Waals surface area contributed by atoms with Gasteiger partial charge in [-0.2, -0.15) is 0 Å². The van der Waals surface area contributed by atoms with E-state index in [0.717, 1.165) is 5.56 Å². The van der Waals surface area contributed by atoms with Gasteiger partial charge in [-0.15, -0.1) is 0 Å². The summed E-state index contributed by atoms with van der Waals surface area (Å²) in [6.07, 6.45) is 6.25. The van der Waals surface area contributed by atoms with E-state index in [-0.39, 0.29) is 23.7 Å². The van der Waals surface area contributed by atoms with Gasteiger partial charge in [-0.1, -0.05) is 12.1 Å². The standard InChI is InChI=1S/C19H24FN5O2/c20-15-3-1-2-14(10-15)17-16(11-22-23-17)18(26)25-7-4-19(27,5-8-25)12-24-9-6-21-13-24/h1-3,6,9-10,13,16-17,22-23,27H,4-5,7-8,11-12H2. The number of piperidine rings is 1. The molecule has 3 N–H and O–H groups in total. The SMILES string of the molecule is O=C(C1CNNC1c1cccc(F)c1)N1CCC(O)(Cn2ccnc2)CC1. The van der Waals surface area contributed by atoms with Gasteiger partial charge in [0.05, 0.1) is 30.4 Å². The van der Waals surface area contributed by atoms with Crippen LogP contribution in [0.5, 0.6) is 0 Å². The van der Waals surface area contributed by atoms with Crippen LogP contribution in [-0.4, -0.2) is 50.7 Å². The molecule has 1 aromatic heterocycles. The quantitative estimate of drug-likeness (QED) is 0.740. The van der Waals surface area contributed by atoms with Crippen LogP contribution in [0, 0.1) is 11.7 Å². The fourth-order valence-electron chi connectivity index (χ4n) is 4.00. The van der Waals surface area contributed by atoms with Crippen LogP contribution in [0.4, 0.5) is 4.39 Å². The van der Waals surface area contributed by atoms with Gasteiger partial charge in [0, 0.05) is 32.0 Å². The molecule has 2 atom stereocenters. The number of aliphatic hydroxyl groups is 1. The van der Waals surface area contributed by atoms with Crippen molar-refractivity contribution in [3.63, 3.8) is 0 Å². The number of nitrogens with one attached hydrogen (secondary N) is 2. The topological polar surface area (TPSA) is 82.4 Å². The Morgan fingerprint density at radius 2 is 2.19 bits per heavy atom. The fraction of sp³-hybridized carbons (Fsp3) is 0.474. The van der Waals surface area contributed by atoms with E-state index in [1.165, 1.54) is 12.1 Å². The maximum absolute atomic E-state index is 13.6. The third-order valence-electron chi connectivity index (χ3n) is 5.55. The highest BCUT2D eigenvalue weighted by Crippen LogP contribution is 2.30. The molecule has 2 saturated heterocycles. The highest BCUT2D eigenvalue weighted by Gasteiger charge is 2.40.